The van der Waals surface area contributed by atoms with Crippen molar-refractivity contribution in [1.82, 2.24) is 0 Å². The molecule has 0 amide bonds. The molecule has 0 atom stereocenters. The Kier molecular flexibility index (Phi) is 6.82. The van der Waals surface area contributed by atoms with Gasteiger partial charge in [-0.25, -0.2) is 16.8 Å². The van der Waals surface area contributed by atoms with Gasteiger partial charge in [-0.3, -0.25) is 9.44 Å². The van der Waals surface area contributed by atoms with Crippen molar-refractivity contribution in [3.05, 3.63) is 96.1 Å². The topological polar surface area (TPSA) is 92.3 Å². The number of anilines is 2. The van der Waals surface area contributed by atoms with E-state index < -0.39 is 53.3 Å². The second-order valence-corrected chi connectivity index (χ2v) is 11.2. The Hall–Kier alpha value is -3.78. The van der Waals surface area contributed by atoms with E-state index in [2.05, 4.69) is 9.44 Å². The Balaban J connectivity index is 1.77. The van der Waals surface area contributed by atoms with Crippen LogP contribution in [0.1, 0.15) is 11.1 Å². The molecule has 0 aliphatic carbocycles. The van der Waals surface area contributed by atoms with Gasteiger partial charge < -0.3 is 0 Å². The molecule has 6 nitrogen and oxygen atoms in total. The van der Waals surface area contributed by atoms with Gasteiger partial charge in [-0.15, -0.1) is 0 Å². The molecule has 0 unspecified atom stereocenters. The highest BCUT2D eigenvalue weighted by Crippen LogP contribution is 2.38. The standard InChI is InChI=1S/C24H16F6N2O4S2/c25-23(26,27)17-9-3-5-11-21(17)37(33,34)31-19-13-14-20(16-8-2-1-7-15(16)19)32-38(35,36)22-12-6-4-10-18(22)24(28,29)30/h1-14,31-32H. The van der Waals surface area contributed by atoms with Gasteiger partial charge in [-0.05, 0) is 36.4 Å². The average molecular weight is 575 g/mol. The third kappa shape index (κ3) is 5.41. The minimum Gasteiger partial charge on any atom is -0.279 e. The van der Waals surface area contributed by atoms with E-state index in [1.165, 1.54) is 24.3 Å². The maximum Gasteiger partial charge on any atom is 0.417 e. The number of rotatable bonds is 6. The summed E-state index contributed by atoms with van der Waals surface area (Å²) >= 11 is 0. The van der Waals surface area contributed by atoms with Gasteiger partial charge in [0.15, 0.2) is 0 Å². The Morgan fingerprint density at radius 1 is 0.474 bits per heavy atom. The largest absolute Gasteiger partial charge is 0.417 e. The summed E-state index contributed by atoms with van der Waals surface area (Å²) < 4.78 is 136. The van der Waals surface area contributed by atoms with Gasteiger partial charge in [0.25, 0.3) is 20.0 Å². The van der Waals surface area contributed by atoms with E-state index in [0.717, 1.165) is 48.5 Å². The fourth-order valence-electron chi connectivity index (χ4n) is 3.75. The first kappa shape index (κ1) is 27.3. The molecule has 14 heteroatoms. The second-order valence-electron chi connectivity index (χ2n) is 7.91. The summed E-state index contributed by atoms with van der Waals surface area (Å²) in [4.78, 5) is -2.05. The fraction of sp³-hybridized carbons (Fsp3) is 0.0833. The molecule has 4 aromatic carbocycles. The molecule has 0 saturated heterocycles. The molecule has 0 radical (unpaired) electrons. The van der Waals surface area contributed by atoms with Crippen LogP contribution >= 0.6 is 0 Å². The molecule has 200 valence electrons. The van der Waals surface area contributed by atoms with Crippen molar-refractivity contribution in [3.8, 4) is 0 Å². The van der Waals surface area contributed by atoms with Crippen molar-refractivity contribution in [1.29, 1.82) is 0 Å². The van der Waals surface area contributed by atoms with Gasteiger partial charge in [0, 0.05) is 10.8 Å². The number of benzene rings is 4. The van der Waals surface area contributed by atoms with Crippen molar-refractivity contribution in [3.63, 3.8) is 0 Å². The summed E-state index contributed by atoms with van der Waals surface area (Å²) in [5.41, 5.74) is -3.14. The van der Waals surface area contributed by atoms with Crippen molar-refractivity contribution < 1.29 is 43.2 Å². The summed E-state index contributed by atoms with van der Waals surface area (Å²) in [6.45, 7) is 0. The number of fused-ring (bicyclic) bond motifs is 1. The smallest absolute Gasteiger partial charge is 0.279 e. The predicted octanol–water partition coefficient (Wildman–Crippen LogP) is 6.48. The maximum absolute atomic E-state index is 13.4. The first-order valence-electron chi connectivity index (χ1n) is 10.5. The molecule has 0 saturated carbocycles. The van der Waals surface area contributed by atoms with Crippen LogP contribution in [0.5, 0.6) is 0 Å². The number of alkyl halides is 6. The van der Waals surface area contributed by atoms with Crippen LogP contribution < -0.4 is 9.44 Å². The molecular weight excluding hydrogens is 558 g/mol. The van der Waals surface area contributed by atoms with Gasteiger partial charge >= 0.3 is 12.4 Å². The van der Waals surface area contributed by atoms with Crippen LogP contribution in [0.2, 0.25) is 0 Å². The van der Waals surface area contributed by atoms with Gasteiger partial charge in [0.1, 0.15) is 0 Å². The minimum atomic E-state index is -4.96. The van der Waals surface area contributed by atoms with Crippen LogP contribution in [0.15, 0.2) is 94.7 Å². The van der Waals surface area contributed by atoms with E-state index in [1.807, 2.05) is 0 Å². The van der Waals surface area contributed by atoms with Crippen molar-refractivity contribution in [2.75, 3.05) is 9.44 Å². The van der Waals surface area contributed by atoms with Crippen LogP contribution in [0.25, 0.3) is 10.8 Å². The molecule has 0 heterocycles. The van der Waals surface area contributed by atoms with Crippen LogP contribution in [-0.2, 0) is 32.4 Å². The van der Waals surface area contributed by atoms with E-state index in [4.69, 9.17) is 0 Å². The highest BCUT2D eigenvalue weighted by Gasteiger charge is 2.38. The lowest BCUT2D eigenvalue weighted by Gasteiger charge is -2.18. The lowest BCUT2D eigenvalue weighted by atomic mass is 10.1. The van der Waals surface area contributed by atoms with E-state index in [0.29, 0.717) is 12.1 Å². The van der Waals surface area contributed by atoms with Gasteiger partial charge in [-0.2, -0.15) is 26.3 Å². The van der Waals surface area contributed by atoms with Crippen molar-refractivity contribution >= 4 is 42.2 Å². The zero-order chi connectivity index (χ0) is 27.9. The van der Waals surface area contributed by atoms with Gasteiger partial charge in [0.2, 0.25) is 0 Å². The zero-order valence-corrected chi connectivity index (χ0v) is 20.4. The third-order valence-electron chi connectivity index (χ3n) is 5.38. The quantitative estimate of drug-likeness (QED) is 0.258. The highest BCUT2D eigenvalue weighted by atomic mass is 32.2. The van der Waals surface area contributed by atoms with Crippen LogP contribution in [0.3, 0.4) is 0 Å². The molecule has 0 aliphatic heterocycles. The first-order chi connectivity index (χ1) is 17.6. The van der Waals surface area contributed by atoms with Crippen molar-refractivity contribution in [2.45, 2.75) is 22.1 Å². The molecule has 0 fully saturated rings. The Labute approximate surface area is 213 Å². The van der Waals surface area contributed by atoms with Crippen LogP contribution in [-0.4, -0.2) is 16.8 Å². The molecule has 38 heavy (non-hydrogen) atoms. The minimum absolute atomic E-state index is 0.0740. The third-order valence-corrected chi connectivity index (χ3v) is 8.22. The lowest BCUT2D eigenvalue weighted by Crippen LogP contribution is -2.20. The summed E-state index contributed by atoms with van der Waals surface area (Å²) in [6.07, 6.45) is -9.91. The normalized spacial score (nSPS) is 12.9. The Morgan fingerprint density at radius 2 is 0.789 bits per heavy atom. The molecule has 0 bridgehead atoms. The van der Waals surface area contributed by atoms with Gasteiger partial charge in [-0.1, -0.05) is 48.5 Å². The molecule has 0 aromatic heterocycles. The molecule has 4 rings (SSSR count). The zero-order valence-electron chi connectivity index (χ0n) is 18.8. The predicted molar refractivity (Wildman–Crippen MR) is 128 cm³/mol. The number of hydrogen-bond donors (Lipinski definition) is 2. The van der Waals surface area contributed by atoms with Crippen LogP contribution in [0, 0.1) is 0 Å². The van der Waals surface area contributed by atoms with Crippen LogP contribution in [0.4, 0.5) is 37.7 Å². The van der Waals surface area contributed by atoms with E-state index in [9.17, 15) is 43.2 Å². The van der Waals surface area contributed by atoms with E-state index >= 15 is 0 Å². The Morgan fingerprint density at radius 3 is 1.13 bits per heavy atom. The summed E-state index contributed by atoms with van der Waals surface area (Å²) in [5, 5.41) is 0.148. The van der Waals surface area contributed by atoms with E-state index in [1.54, 1.807) is 0 Å². The lowest BCUT2D eigenvalue weighted by molar-refractivity contribution is -0.140. The summed E-state index contributed by atoms with van der Waals surface area (Å²) in [7, 11) is -9.53. The first-order valence-corrected chi connectivity index (χ1v) is 13.5. The number of sulfonamides is 2. The second kappa shape index (κ2) is 9.51. The van der Waals surface area contributed by atoms with E-state index in [-0.39, 0.29) is 22.1 Å². The SMILES string of the molecule is O=S(=O)(Nc1ccc(NS(=O)(=O)c2ccccc2C(F)(F)F)c2ccccc12)c1ccccc1C(F)(F)F. The highest BCUT2D eigenvalue weighted by molar-refractivity contribution is 7.93. The molecule has 2 N–H and O–H groups in total. The Bertz CT molecular complexity index is 1610. The number of nitrogens with one attached hydrogen (secondary N) is 2. The summed E-state index contributed by atoms with van der Waals surface area (Å²) in [5.74, 6) is 0. The molecule has 0 aliphatic rings. The number of halogens is 6. The molecule has 4 aromatic rings. The number of hydrogen-bond acceptors (Lipinski definition) is 4. The molecular formula is C24H16F6N2O4S2. The summed E-state index contributed by atoms with van der Waals surface area (Å²) in [6, 6.07) is 14.9. The average Bonchev–Trinajstić information content (AvgIpc) is 2.84. The van der Waals surface area contributed by atoms with Gasteiger partial charge in [0.05, 0.1) is 32.3 Å². The fourth-order valence-corrected chi connectivity index (χ4v) is 6.36. The monoisotopic (exact) mass is 574 g/mol. The maximum atomic E-state index is 13.4. The van der Waals surface area contributed by atoms with Crippen molar-refractivity contribution in [2.24, 2.45) is 0 Å². The molecule has 0 spiro atoms.